The molecule has 0 unspecified atom stereocenters. The number of nitrogens with zero attached hydrogens (tertiary/aromatic N) is 1. The van der Waals surface area contributed by atoms with Crippen molar-refractivity contribution in [2.75, 3.05) is 4.90 Å². The van der Waals surface area contributed by atoms with E-state index < -0.39 is 0 Å². The molecular weight excluding hydrogens is 671 g/mol. The molecule has 0 amide bonds. The first-order valence-electron chi connectivity index (χ1n) is 18.7. The lowest BCUT2D eigenvalue weighted by molar-refractivity contribution is 0.668. The molecule has 2 heterocycles. The average molecular weight is 704 g/mol. The summed E-state index contributed by atoms with van der Waals surface area (Å²) in [7, 11) is 0. The highest BCUT2D eigenvalue weighted by atomic mass is 16.3. The molecule has 0 spiro atoms. The molecule has 3 nitrogen and oxygen atoms in total. The maximum Gasteiger partial charge on any atom is 0.137 e. The molecule has 258 valence electrons. The van der Waals surface area contributed by atoms with Gasteiger partial charge in [0.1, 0.15) is 22.3 Å². The van der Waals surface area contributed by atoms with Crippen LogP contribution in [-0.2, 0) is 0 Å². The highest BCUT2D eigenvalue weighted by molar-refractivity contribution is 6.10. The quantitative estimate of drug-likeness (QED) is 0.173. The standard InChI is InChI=1S/C52H33NO2/c1-2-13-34(14-3-1)40-22-11-15-35-16-12-23-45(52(35)40)41-19-4-7-24-47(41)53(39-28-29-44-42-20-5-8-25-48(42)55-51(44)33-39)38-18-10-17-36(31-38)37-27-30-50-46(32-37)43-21-6-9-26-49(43)54-50/h1-33H. The summed E-state index contributed by atoms with van der Waals surface area (Å²) in [6.45, 7) is 0. The maximum absolute atomic E-state index is 6.48. The summed E-state index contributed by atoms with van der Waals surface area (Å²) < 4.78 is 12.7. The number of furan rings is 2. The molecule has 2 aromatic heterocycles. The monoisotopic (exact) mass is 703 g/mol. The Morgan fingerprint density at radius 1 is 0.309 bits per heavy atom. The smallest absolute Gasteiger partial charge is 0.137 e. The van der Waals surface area contributed by atoms with Crippen LogP contribution < -0.4 is 4.90 Å². The van der Waals surface area contributed by atoms with Gasteiger partial charge >= 0.3 is 0 Å². The third-order valence-electron chi connectivity index (χ3n) is 10.9. The van der Waals surface area contributed by atoms with Gasteiger partial charge in [0.25, 0.3) is 0 Å². The molecular formula is C52H33NO2. The van der Waals surface area contributed by atoms with Gasteiger partial charge in [-0.2, -0.15) is 0 Å². The van der Waals surface area contributed by atoms with E-state index in [2.05, 4.69) is 181 Å². The summed E-state index contributed by atoms with van der Waals surface area (Å²) in [6.07, 6.45) is 0. The summed E-state index contributed by atoms with van der Waals surface area (Å²) >= 11 is 0. The molecule has 11 aromatic rings. The van der Waals surface area contributed by atoms with Crippen LogP contribution in [0.3, 0.4) is 0 Å². The molecule has 11 rings (SSSR count). The van der Waals surface area contributed by atoms with Crippen LogP contribution in [0.2, 0.25) is 0 Å². The first-order chi connectivity index (χ1) is 27.3. The lowest BCUT2D eigenvalue weighted by Gasteiger charge is -2.29. The third kappa shape index (κ3) is 5.20. The van der Waals surface area contributed by atoms with Gasteiger partial charge in [-0.15, -0.1) is 0 Å². The number of hydrogen-bond donors (Lipinski definition) is 0. The van der Waals surface area contributed by atoms with E-state index >= 15 is 0 Å². The molecule has 3 heteroatoms. The fourth-order valence-corrected chi connectivity index (χ4v) is 8.33. The highest BCUT2D eigenvalue weighted by Gasteiger charge is 2.21. The fourth-order valence-electron chi connectivity index (χ4n) is 8.33. The van der Waals surface area contributed by atoms with Crippen LogP contribution in [0.1, 0.15) is 0 Å². The number of para-hydroxylation sites is 3. The van der Waals surface area contributed by atoms with E-state index in [4.69, 9.17) is 8.83 Å². The second-order valence-electron chi connectivity index (χ2n) is 14.1. The fraction of sp³-hybridized carbons (Fsp3) is 0. The van der Waals surface area contributed by atoms with Gasteiger partial charge in [-0.3, -0.25) is 0 Å². The van der Waals surface area contributed by atoms with E-state index in [0.29, 0.717) is 0 Å². The molecule has 0 radical (unpaired) electrons. The third-order valence-corrected chi connectivity index (χ3v) is 10.9. The topological polar surface area (TPSA) is 29.5 Å². The normalized spacial score (nSPS) is 11.6. The predicted octanol–water partition coefficient (Wildman–Crippen LogP) is 15.1. The summed E-state index contributed by atoms with van der Waals surface area (Å²) in [5.74, 6) is 0. The van der Waals surface area contributed by atoms with Crippen LogP contribution in [0.5, 0.6) is 0 Å². The van der Waals surface area contributed by atoms with Gasteiger partial charge < -0.3 is 13.7 Å². The molecule has 0 saturated carbocycles. The molecule has 9 aromatic carbocycles. The summed E-state index contributed by atoms with van der Waals surface area (Å²) in [6, 6.07) is 71.1. The van der Waals surface area contributed by atoms with Crippen molar-refractivity contribution in [1.82, 2.24) is 0 Å². The Bertz CT molecular complexity index is 3220. The second-order valence-corrected chi connectivity index (χ2v) is 14.1. The Kier molecular flexibility index (Phi) is 7.17. The Morgan fingerprint density at radius 2 is 0.891 bits per heavy atom. The van der Waals surface area contributed by atoms with E-state index in [9.17, 15) is 0 Å². The predicted molar refractivity (Wildman–Crippen MR) is 229 cm³/mol. The minimum Gasteiger partial charge on any atom is -0.456 e. The van der Waals surface area contributed by atoms with Gasteiger partial charge in [-0.1, -0.05) is 140 Å². The van der Waals surface area contributed by atoms with Crippen molar-refractivity contribution >= 4 is 71.7 Å². The zero-order valence-corrected chi connectivity index (χ0v) is 29.8. The Labute approximate surface area is 317 Å². The highest BCUT2D eigenvalue weighted by Crippen LogP contribution is 2.46. The summed E-state index contributed by atoms with van der Waals surface area (Å²) in [5.41, 5.74) is 13.6. The lowest BCUT2D eigenvalue weighted by Crippen LogP contribution is -2.11. The molecule has 0 bridgehead atoms. The van der Waals surface area contributed by atoms with Gasteiger partial charge in [-0.25, -0.2) is 0 Å². The van der Waals surface area contributed by atoms with Gasteiger partial charge in [0.15, 0.2) is 0 Å². The van der Waals surface area contributed by atoms with E-state index in [1.54, 1.807) is 0 Å². The van der Waals surface area contributed by atoms with Crippen molar-refractivity contribution in [3.8, 4) is 33.4 Å². The largest absolute Gasteiger partial charge is 0.456 e. The van der Waals surface area contributed by atoms with Crippen LogP contribution >= 0.6 is 0 Å². The molecule has 55 heavy (non-hydrogen) atoms. The number of rotatable bonds is 6. The second kappa shape index (κ2) is 12.6. The summed E-state index contributed by atoms with van der Waals surface area (Å²) in [4.78, 5) is 2.38. The molecule has 0 aliphatic heterocycles. The Balaban J connectivity index is 1.14. The Morgan fingerprint density at radius 3 is 1.73 bits per heavy atom. The first kappa shape index (κ1) is 31.2. The van der Waals surface area contributed by atoms with Crippen molar-refractivity contribution in [1.29, 1.82) is 0 Å². The lowest BCUT2D eigenvalue weighted by atomic mass is 9.90. The van der Waals surface area contributed by atoms with E-state index in [1.165, 1.54) is 27.5 Å². The van der Waals surface area contributed by atoms with E-state index in [-0.39, 0.29) is 0 Å². The van der Waals surface area contributed by atoms with Gasteiger partial charge in [0.05, 0.1) is 5.69 Å². The average Bonchev–Trinajstić information content (AvgIpc) is 3.82. The minimum atomic E-state index is 0.853. The Hall–Kier alpha value is -7.36. The SMILES string of the molecule is c1ccc(-c2cccc3cccc(-c4ccccc4N(c4cccc(-c5ccc6oc7ccccc7c6c5)c4)c4ccc5c(c4)oc4ccccc45)c23)cc1. The minimum absolute atomic E-state index is 0.853. The van der Waals surface area contributed by atoms with Crippen molar-refractivity contribution in [3.63, 3.8) is 0 Å². The summed E-state index contributed by atoms with van der Waals surface area (Å²) in [5, 5.41) is 6.88. The van der Waals surface area contributed by atoms with Crippen LogP contribution in [0.25, 0.3) is 88.0 Å². The van der Waals surface area contributed by atoms with Gasteiger partial charge in [0.2, 0.25) is 0 Å². The number of anilines is 3. The van der Waals surface area contributed by atoms with Crippen molar-refractivity contribution in [2.45, 2.75) is 0 Å². The van der Waals surface area contributed by atoms with Gasteiger partial charge in [-0.05, 0) is 93.2 Å². The van der Waals surface area contributed by atoms with Crippen LogP contribution in [-0.4, -0.2) is 0 Å². The number of fused-ring (bicyclic) bond motifs is 7. The molecule has 0 aliphatic carbocycles. The molecule has 0 atom stereocenters. The van der Waals surface area contributed by atoms with Crippen LogP contribution in [0, 0.1) is 0 Å². The van der Waals surface area contributed by atoms with Gasteiger partial charge in [0, 0.05) is 44.5 Å². The van der Waals surface area contributed by atoms with Crippen LogP contribution in [0.4, 0.5) is 17.1 Å². The number of benzene rings is 9. The maximum atomic E-state index is 6.48. The molecule has 0 aliphatic rings. The zero-order chi connectivity index (χ0) is 36.3. The molecule has 0 fully saturated rings. The first-order valence-corrected chi connectivity index (χ1v) is 18.7. The van der Waals surface area contributed by atoms with E-state index in [1.807, 2.05) is 24.3 Å². The van der Waals surface area contributed by atoms with Crippen molar-refractivity contribution in [3.05, 3.63) is 200 Å². The molecule has 0 N–H and O–H groups in total. The van der Waals surface area contributed by atoms with E-state index in [0.717, 1.165) is 77.6 Å². The number of hydrogen-bond acceptors (Lipinski definition) is 3. The van der Waals surface area contributed by atoms with Crippen molar-refractivity contribution in [2.24, 2.45) is 0 Å². The molecule has 0 saturated heterocycles. The van der Waals surface area contributed by atoms with Crippen molar-refractivity contribution < 1.29 is 8.83 Å². The van der Waals surface area contributed by atoms with Crippen LogP contribution in [0.15, 0.2) is 209 Å². The zero-order valence-electron chi connectivity index (χ0n) is 29.8.